The predicted molar refractivity (Wildman–Crippen MR) is 186 cm³/mol. The first-order valence-electron chi connectivity index (χ1n) is 16.9. The number of nitrogens with one attached hydrogen (secondary N) is 2. The second-order valence-electron chi connectivity index (χ2n) is 14.6. The highest BCUT2D eigenvalue weighted by molar-refractivity contribution is 5.89. The summed E-state index contributed by atoms with van der Waals surface area (Å²) in [5, 5.41) is 10.4. The molecular weight excluding hydrogens is 622 g/mol. The Bertz CT molecular complexity index is 1790. The standard InChI is InChI=1S/C36H45N9O4/c1-35(2,3)33-42-32(49-43-33)31(46)40-27-10-8-7-9-23-19-24(11-13-26(23)27)28-20-30(39-22-38-28)41-29-14-12-25(21-37-29)44-15-17-45(18-16-44)34(47)48-36(4,5)6/h11-14,19-22,27H,7-10,15-18H2,1-6H3,(H,40,46)(H,37,38,39,41)/t27-/m1/s1. The second kappa shape index (κ2) is 13.8. The SMILES string of the molecule is CC(C)(C)OC(=O)N1CCN(c2ccc(Nc3cc(-c4ccc5c(c4)CCCC[C@H]5NC(=O)c4nc(C(C)(C)C)no4)ncn3)nc2)CC1. The van der Waals surface area contributed by atoms with E-state index in [2.05, 4.69) is 52.8 Å². The molecule has 4 aromatic rings. The Labute approximate surface area is 286 Å². The van der Waals surface area contributed by atoms with Crippen molar-refractivity contribution in [3.8, 4) is 11.3 Å². The van der Waals surface area contributed by atoms with Crippen molar-refractivity contribution in [2.75, 3.05) is 36.4 Å². The van der Waals surface area contributed by atoms with Crippen molar-refractivity contribution in [3.63, 3.8) is 0 Å². The first-order chi connectivity index (χ1) is 23.3. The maximum absolute atomic E-state index is 13.1. The molecule has 0 radical (unpaired) electrons. The third-order valence-electron chi connectivity index (χ3n) is 8.57. The van der Waals surface area contributed by atoms with Gasteiger partial charge in [-0.1, -0.05) is 44.5 Å². The van der Waals surface area contributed by atoms with Crippen molar-refractivity contribution >= 4 is 29.3 Å². The van der Waals surface area contributed by atoms with Crippen molar-refractivity contribution in [3.05, 3.63) is 71.8 Å². The Balaban J connectivity index is 1.09. The summed E-state index contributed by atoms with van der Waals surface area (Å²) in [5.41, 5.74) is 4.19. The van der Waals surface area contributed by atoms with Gasteiger partial charge in [0.2, 0.25) is 0 Å². The molecule has 2 N–H and O–H groups in total. The summed E-state index contributed by atoms with van der Waals surface area (Å²) in [5.74, 6) is 1.42. The number of ether oxygens (including phenoxy) is 1. The molecule has 0 spiro atoms. The Morgan fingerprint density at radius 2 is 1.71 bits per heavy atom. The molecule has 2 amide bonds. The molecule has 1 aromatic carbocycles. The van der Waals surface area contributed by atoms with Gasteiger partial charge >= 0.3 is 17.9 Å². The Morgan fingerprint density at radius 3 is 2.41 bits per heavy atom. The van der Waals surface area contributed by atoms with E-state index in [0.717, 1.165) is 48.2 Å². The normalized spacial score (nSPS) is 16.8. The van der Waals surface area contributed by atoms with E-state index in [-0.39, 0.29) is 29.3 Å². The summed E-state index contributed by atoms with van der Waals surface area (Å²) in [6.07, 6.45) is 6.85. The number of anilines is 3. The van der Waals surface area contributed by atoms with Gasteiger partial charge in [-0.15, -0.1) is 0 Å². The monoisotopic (exact) mass is 667 g/mol. The average molecular weight is 668 g/mol. The number of amides is 2. The molecule has 4 heterocycles. The van der Waals surface area contributed by atoms with Crippen LogP contribution in [-0.2, 0) is 16.6 Å². The first-order valence-corrected chi connectivity index (χ1v) is 16.9. The average Bonchev–Trinajstić information content (AvgIpc) is 3.50. The highest BCUT2D eigenvalue weighted by Gasteiger charge is 2.28. The summed E-state index contributed by atoms with van der Waals surface area (Å²) >= 11 is 0. The smallest absolute Gasteiger partial charge is 0.410 e. The summed E-state index contributed by atoms with van der Waals surface area (Å²) in [6.45, 7) is 14.1. The van der Waals surface area contributed by atoms with E-state index in [1.54, 1.807) is 11.2 Å². The largest absolute Gasteiger partial charge is 0.444 e. The van der Waals surface area contributed by atoms with E-state index in [1.807, 2.05) is 72.0 Å². The van der Waals surface area contributed by atoms with E-state index in [4.69, 9.17) is 9.26 Å². The highest BCUT2D eigenvalue weighted by atomic mass is 16.6. The lowest BCUT2D eigenvalue weighted by Crippen LogP contribution is -2.50. The fraction of sp³-hybridized carbons (Fsp3) is 0.472. The van der Waals surface area contributed by atoms with Gasteiger partial charge in [-0.05, 0) is 69.4 Å². The van der Waals surface area contributed by atoms with Crippen LogP contribution in [0.4, 0.5) is 22.1 Å². The van der Waals surface area contributed by atoms with Gasteiger partial charge in [0.1, 0.15) is 23.6 Å². The number of carbonyl (C=O) groups is 2. The van der Waals surface area contributed by atoms with Crippen LogP contribution in [0, 0.1) is 0 Å². The Hall–Kier alpha value is -5.07. The number of pyridine rings is 1. The Kier molecular flexibility index (Phi) is 9.53. The third kappa shape index (κ3) is 8.33. The van der Waals surface area contributed by atoms with E-state index in [1.165, 1.54) is 5.56 Å². The summed E-state index contributed by atoms with van der Waals surface area (Å²) in [4.78, 5) is 47.4. The van der Waals surface area contributed by atoms with Crippen molar-refractivity contribution in [1.29, 1.82) is 0 Å². The zero-order chi connectivity index (χ0) is 34.8. The van der Waals surface area contributed by atoms with Crippen LogP contribution >= 0.6 is 0 Å². The minimum Gasteiger partial charge on any atom is -0.444 e. The second-order valence-corrected chi connectivity index (χ2v) is 14.6. The van der Waals surface area contributed by atoms with Crippen LogP contribution in [0.1, 0.15) is 94.5 Å². The molecule has 6 rings (SSSR count). The molecule has 258 valence electrons. The minimum atomic E-state index is -0.509. The van der Waals surface area contributed by atoms with E-state index in [9.17, 15) is 9.59 Å². The maximum atomic E-state index is 13.1. The summed E-state index contributed by atoms with van der Waals surface area (Å²) < 4.78 is 10.8. The van der Waals surface area contributed by atoms with E-state index >= 15 is 0 Å². The zero-order valence-corrected chi connectivity index (χ0v) is 29.1. The fourth-order valence-corrected chi connectivity index (χ4v) is 5.97. The topological polar surface area (TPSA) is 152 Å². The molecule has 0 saturated carbocycles. The summed E-state index contributed by atoms with van der Waals surface area (Å²) in [6, 6.07) is 12.0. The third-order valence-corrected chi connectivity index (χ3v) is 8.57. The highest BCUT2D eigenvalue weighted by Crippen LogP contribution is 2.33. The van der Waals surface area contributed by atoms with Gasteiger partial charge in [0.05, 0.1) is 23.6 Å². The van der Waals surface area contributed by atoms with Crippen LogP contribution in [0.3, 0.4) is 0 Å². The predicted octanol–water partition coefficient (Wildman–Crippen LogP) is 6.22. The number of rotatable bonds is 6. The number of carbonyl (C=O) groups excluding carboxylic acids is 2. The summed E-state index contributed by atoms with van der Waals surface area (Å²) in [7, 11) is 0. The molecule has 1 fully saturated rings. The van der Waals surface area contributed by atoms with Crippen molar-refractivity contribution < 1.29 is 18.8 Å². The molecule has 1 saturated heterocycles. The fourth-order valence-electron chi connectivity index (χ4n) is 5.97. The minimum absolute atomic E-state index is 0.0179. The zero-order valence-electron chi connectivity index (χ0n) is 29.1. The van der Waals surface area contributed by atoms with Crippen molar-refractivity contribution in [1.82, 2.24) is 35.3 Å². The molecule has 0 unspecified atom stereocenters. The van der Waals surface area contributed by atoms with Crippen molar-refractivity contribution in [2.24, 2.45) is 0 Å². The van der Waals surface area contributed by atoms with Crippen LogP contribution in [-0.4, -0.2) is 73.8 Å². The van der Waals surface area contributed by atoms with Gasteiger partial charge in [0.15, 0.2) is 5.82 Å². The number of aromatic nitrogens is 5. The first kappa shape index (κ1) is 33.8. The number of aryl methyl sites for hydroxylation is 1. The van der Waals surface area contributed by atoms with Crippen molar-refractivity contribution in [2.45, 2.75) is 84.3 Å². The Morgan fingerprint density at radius 1 is 0.918 bits per heavy atom. The molecule has 49 heavy (non-hydrogen) atoms. The van der Waals surface area contributed by atoms with Crippen LogP contribution < -0.4 is 15.5 Å². The van der Waals surface area contributed by atoms with Gasteiger partial charge in [0, 0.05) is 43.2 Å². The molecule has 13 heteroatoms. The lowest BCUT2D eigenvalue weighted by molar-refractivity contribution is 0.0240. The van der Waals surface area contributed by atoms with Gasteiger partial charge in [0.25, 0.3) is 0 Å². The van der Waals surface area contributed by atoms with Crippen LogP contribution in [0.25, 0.3) is 11.3 Å². The quantitative estimate of drug-likeness (QED) is 0.226. The molecular formula is C36H45N9O4. The lowest BCUT2D eigenvalue weighted by Gasteiger charge is -2.36. The van der Waals surface area contributed by atoms with Crippen LogP contribution in [0.15, 0.2) is 53.4 Å². The van der Waals surface area contributed by atoms with E-state index in [0.29, 0.717) is 43.6 Å². The molecule has 0 bridgehead atoms. The number of fused-ring (bicyclic) bond motifs is 1. The number of hydrogen-bond acceptors (Lipinski definition) is 11. The molecule has 13 nitrogen and oxygen atoms in total. The molecule has 3 aromatic heterocycles. The van der Waals surface area contributed by atoms with Crippen LogP contribution in [0.5, 0.6) is 0 Å². The van der Waals surface area contributed by atoms with Crippen LogP contribution in [0.2, 0.25) is 0 Å². The van der Waals surface area contributed by atoms with Gasteiger partial charge in [-0.3, -0.25) is 4.79 Å². The van der Waals surface area contributed by atoms with E-state index < -0.39 is 5.60 Å². The number of benzene rings is 1. The molecule has 1 aliphatic heterocycles. The molecule has 2 aliphatic rings. The number of hydrogen-bond donors (Lipinski definition) is 2. The number of nitrogens with zero attached hydrogens (tertiary/aromatic N) is 7. The maximum Gasteiger partial charge on any atom is 0.410 e. The molecule has 1 atom stereocenters. The van der Waals surface area contributed by atoms with Gasteiger partial charge in [-0.2, -0.15) is 4.98 Å². The molecule has 1 aliphatic carbocycles. The number of piperazine rings is 1. The van der Waals surface area contributed by atoms with Gasteiger partial charge in [-0.25, -0.2) is 19.7 Å². The lowest BCUT2D eigenvalue weighted by atomic mass is 9.95. The van der Waals surface area contributed by atoms with Gasteiger partial charge < -0.3 is 29.7 Å².